The first kappa shape index (κ1) is 12.6. The van der Waals surface area contributed by atoms with Crippen molar-refractivity contribution in [1.29, 1.82) is 0 Å². The molecule has 2 aromatic heterocycles. The van der Waals surface area contributed by atoms with Gasteiger partial charge < -0.3 is 4.40 Å². The van der Waals surface area contributed by atoms with Gasteiger partial charge in [-0.2, -0.15) is 0 Å². The molecule has 0 radical (unpaired) electrons. The van der Waals surface area contributed by atoms with Crippen LogP contribution in [0.25, 0.3) is 5.52 Å². The van der Waals surface area contributed by atoms with E-state index >= 15 is 0 Å². The maximum Gasteiger partial charge on any atom is 0.260 e. The summed E-state index contributed by atoms with van der Waals surface area (Å²) in [6, 6.07) is 3.92. The number of imidazole rings is 1. The predicted octanol–water partition coefficient (Wildman–Crippen LogP) is 1.65. The molecule has 19 heavy (non-hydrogen) atoms. The van der Waals surface area contributed by atoms with Crippen LogP contribution in [0.4, 0.5) is 0 Å². The van der Waals surface area contributed by atoms with Crippen LogP contribution >= 0.6 is 0 Å². The Labute approximate surface area is 112 Å². The van der Waals surface area contributed by atoms with E-state index in [0.717, 1.165) is 24.2 Å². The van der Waals surface area contributed by atoms with Crippen molar-refractivity contribution in [2.24, 2.45) is 0 Å². The van der Waals surface area contributed by atoms with Crippen molar-refractivity contribution in [1.82, 2.24) is 14.1 Å². The summed E-state index contributed by atoms with van der Waals surface area (Å²) in [6.45, 7) is 3.92. The van der Waals surface area contributed by atoms with Crippen molar-refractivity contribution in [3.63, 3.8) is 0 Å². The topological polar surface area (TPSA) is 63.5 Å². The first-order valence-electron chi connectivity index (χ1n) is 6.51. The van der Waals surface area contributed by atoms with Crippen LogP contribution in [0.2, 0.25) is 0 Å². The van der Waals surface area contributed by atoms with Gasteiger partial charge in [0, 0.05) is 18.7 Å². The monoisotopic (exact) mass is 279 g/mol. The SMILES string of the molecule is CCc1nc(S(=O)(=O)NC2CC2)c2cc(C)ccn12. The Kier molecular flexibility index (Phi) is 2.87. The number of aryl methyl sites for hydroxylation is 2. The molecule has 0 spiro atoms. The van der Waals surface area contributed by atoms with E-state index in [1.54, 1.807) is 0 Å². The number of pyridine rings is 1. The van der Waals surface area contributed by atoms with E-state index in [1.807, 2.05) is 36.6 Å². The Hall–Kier alpha value is -1.40. The molecule has 2 heterocycles. The second-order valence-electron chi connectivity index (χ2n) is 5.04. The lowest BCUT2D eigenvalue weighted by Gasteiger charge is -2.03. The van der Waals surface area contributed by atoms with Crippen LogP contribution in [-0.2, 0) is 16.4 Å². The Morgan fingerprint density at radius 2 is 2.21 bits per heavy atom. The normalized spacial score (nSPS) is 16.1. The van der Waals surface area contributed by atoms with Gasteiger partial charge in [-0.25, -0.2) is 18.1 Å². The predicted molar refractivity (Wildman–Crippen MR) is 72.7 cm³/mol. The number of hydrogen-bond acceptors (Lipinski definition) is 3. The van der Waals surface area contributed by atoms with Gasteiger partial charge in [0.05, 0.1) is 5.52 Å². The molecule has 1 saturated carbocycles. The van der Waals surface area contributed by atoms with Gasteiger partial charge in [0.15, 0.2) is 5.03 Å². The summed E-state index contributed by atoms with van der Waals surface area (Å²) in [7, 11) is -3.51. The number of fused-ring (bicyclic) bond motifs is 1. The van der Waals surface area contributed by atoms with E-state index < -0.39 is 10.0 Å². The molecular formula is C13H17N3O2S. The molecule has 6 heteroatoms. The van der Waals surface area contributed by atoms with Crippen LogP contribution in [0.3, 0.4) is 0 Å². The third kappa shape index (κ3) is 2.26. The van der Waals surface area contributed by atoms with Crippen LogP contribution < -0.4 is 4.72 Å². The molecule has 0 unspecified atom stereocenters. The summed E-state index contributed by atoms with van der Waals surface area (Å²) in [6.07, 6.45) is 4.42. The maximum absolute atomic E-state index is 12.4. The Morgan fingerprint density at radius 3 is 2.84 bits per heavy atom. The van der Waals surface area contributed by atoms with Gasteiger partial charge in [0.1, 0.15) is 5.82 Å². The minimum Gasteiger partial charge on any atom is -0.302 e. The van der Waals surface area contributed by atoms with Crippen molar-refractivity contribution in [2.75, 3.05) is 0 Å². The number of nitrogens with one attached hydrogen (secondary N) is 1. The van der Waals surface area contributed by atoms with Crippen LogP contribution in [-0.4, -0.2) is 23.8 Å². The Balaban J connectivity index is 2.19. The molecule has 5 nitrogen and oxygen atoms in total. The molecule has 1 N–H and O–H groups in total. The minimum atomic E-state index is -3.51. The number of sulfonamides is 1. The molecule has 1 aliphatic carbocycles. The third-order valence-corrected chi connectivity index (χ3v) is 4.76. The van der Waals surface area contributed by atoms with E-state index in [1.165, 1.54) is 0 Å². The van der Waals surface area contributed by atoms with Crippen LogP contribution in [0.5, 0.6) is 0 Å². The third-order valence-electron chi connectivity index (χ3n) is 3.31. The smallest absolute Gasteiger partial charge is 0.260 e. The molecule has 0 atom stereocenters. The summed E-state index contributed by atoms with van der Waals surface area (Å²) < 4.78 is 29.2. The Bertz CT molecular complexity index is 730. The van der Waals surface area contributed by atoms with E-state index in [9.17, 15) is 8.42 Å². The Morgan fingerprint density at radius 1 is 1.47 bits per heavy atom. The summed E-state index contributed by atoms with van der Waals surface area (Å²) >= 11 is 0. The van der Waals surface area contributed by atoms with Crippen LogP contribution in [0.15, 0.2) is 23.4 Å². The van der Waals surface area contributed by atoms with Crippen LogP contribution in [0, 0.1) is 6.92 Å². The fourth-order valence-electron chi connectivity index (χ4n) is 2.15. The largest absolute Gasteiger partial charge is 0.302 e. The van der Waals surface area contributed by atoms with Gasteiger partial charge in [-0.3, -0.25) is 0 Å². The van der Waals surface area contributed by atoms with Crippen molar-refractivity contribution >= 4 is 15.5 Å². The van der Waals surface area contributed by atoms with Gasteiger partial charge in [-0.05, 0) is 37.5 Å². The molecule has 0 amide bonds. The molecule has 0 bridgehead atoms. The van der Waals surface area contributed by atoms with Crippen LogP contribution in [0.1, 0.15) is 31.2 Å². The average Bonchev–Trinajstić information content (AvgIpc) is 3.07. The molecule has 1 aliphatic rings. The highest BCUT2D eigenvalue weighted by Crippen LogP contribution is 2.25. The van der Waals surface area contributed by atoms with Gasteiger partial charge in [0.2, 0.25) is 0 Å². The first-order valence-corrected chi connectivity index (χ1v) is 7.99. The summed E-state index contributed by atoms with van der Waals surface area (Å²) in [5.74, 6) is 0.770. The fraction of sp³-hybridized carbons (Fsp3) is 0.462. The van der Waals surface area contributed by atoms with E-state index in [2.05, 4.69) is 9.71 Å². The zero-order chi connectivity index (χ0) is 13.6. The molecular weight excluding hydrogens is 262 g/mol. The summed E-state index contributed by atoms with van der Waals surface area (Å²) in [5.41, 5.74) is 1.68. The molecule has 0 saturated heterocycles. The lowest BCUT2D eigenvalue weighted by Crippen LogP contribution is -2.26. The molecule has 102 valence electrons. The summed E-state index contributed by atoms with van der Waals surface area (Å²) in [4.78, 5) is 4.31. The standard InChI is InChI=1S/C13H17N3O2S/c1-3-12-14-13(19(17,18)15-10-4-5-10)11-8-9(2)6-7-16(11)12/h6-8,10,15H,3-5H2,1-2H3. The quantitative estimate of drug-likeness (QED) is 0.925. The van der Waals surface area contributed by atoms with Crippen molar-refractivity contribution < 1.29 is 8.42 Å². The minimum absolute atomic E-state index is 0.0941. The number of hydrogen-bond donors (Lipinski definition) is 1. The maximum atomic E-state index is 12.4. The van der Waals surface area contributed by atoms with Crippen molar-refractivity contribution in [3.8, 4) is 0 Å². The second kappa shape index (κ2) is 4.31. The number of rotatable bonds is 4. The molecule has 3 rings (SSSR count). The molecule has 0 aromatic carbocycles. The lowest BCUT2D eigenvalue weighted by molar-refractivity contribution is 0.578. The van der Waals surface area contributed by atoms with Gasteiger partial charge >= 0.3 is 0 Å². The van der Waals surface area contributed by atoms with Gasteiger partial charge in [0.25, 0.3) is 10.0 Å². The zero-order valence-electron chi connectivity index (χ0n) is 11.0. The average molecular weight is 279 g/mol. The number of aromatic nitrogens is 2. The highest BCUT2D eigenvalue weighted by atomic mass is 32.2. The second-order valence-corrected chi connectivity index (χ2v) is 6.67. The molecule has 1 fully saturated rings. The molecule has 2 aromatic rings. The molecule has 0 aliphatic heterocycles. The van der Waals surface area contributed by atoms with Gasteiger partial charge in [-0.15, -0.1) is 0 Å². The van der Waals surface area contributed by atoms with Crippen molar-refractivity contribution in [3.05, 3.63) is 29.7 Å². The van der Waals surface area contributed by atoms with E-state index in [4.69, 9.17) is 0 Å². The fourth-order valence-corrected chi connectivity index (χ4v) is 3.59. The van der Waals surface area contributed by atoms with E-state index in [0.29, 0.717) is 11.9 Å². The number of nitrogens with zero attached hydrogens (tertiary/aromatic N) is 2. The zero-order valence-corrected chi connectivity index (χ0v) is 11.9. The highest BCUT2D eigenvalue weighted by molar-refractivity contribution is 7.89. The lowest BCUT2D eigenvalue weighted by atomic mass is 10.3. The van der Waals surface area contributed by atoms with Crippen molar-refractivity contribution in [2.45, 2.75) is 44.2 Å². The first-order chi connectivity index (χ1) is 9.01. The highest BCUT2D eigenvalue weighted by Gasteiger charge is 2.31. The van der Waals surface area contributed by atoms with Gasteiger partial charge in [-0.1, -0.05) is 6.92 Å². The van der Waals surface area contributed by atoms with E-state index in [-0.39, 0.29) is 11.1 Å². The summed E-state index contributed by atoms with van der Waals surface area (Å²) in [5, 5.41) is 0.153.